The Morgan fingerprint density at radius 2 is 1.54 bits per heavy atom. The Labute approximate surface area is 134 Å². The smallest absolute Gasteiger partial charge is 0.211 e. The van der Waals surface area contributed by atoms with Gasteiger partial charge >= 0.3 is 0 Å². The summed E-state index contributed by atoms with van der Waals surface area (Å²) in [4.78, 5) is 19.1. The summed E-state index contributed by atoms with van der Waals surface area (Å²) in [6.07, 6.45) is 1.25. The van der Waals surface area contributed by atoms with Gasteiger partial charge in [0.2, 0.25) is 5.78 Å². The van der Waals surface area contributed by atoms with Gasteiger partial charge in [0.15, 0.2) is 28.7 Å². The van der Waals surface area contributed by atoms with E-state index in [1.807, 2.05) is 0 Å². The zero-order valence-corrected chi connectivity index (χ0v) is 12.1. The highest BCUT2D eigenvalue weighted by molar-refractivity contribution is 6.08. The fourth-order valence-corrected chi connectivity index (χ4v) is 2.14. The van der Waals surface area contributed by atoms with Crippen LogP contribution in [0.4, 0.5) is 0 Å². The first kappa shape index (κ1) is 15.2. The number of hydrogen-bond acceptors (Lipinski definition) is 7. The molecular weight excluding hydrogens is 316 g/mol. The van der Waals surface area contributed by atoms with E-state index in [2.05, 4.69) is 9.97 Å². The van der Waals surface area contributed by atoms with E-state index in [0.29, 0.717) is 5.56 Å². The number of phenols is 5. The van der Waals surface area contributed by atoms with Crippen molar-refractivity contribution in [3.05, 3.63) is 47.8 Å². The molecule has 0 atom stereocenters. The van der Waals surface area contributed by atoms with E-state index in [4.69, 9.17) is 0 Å². The molecule has 0 amide bonds. The zero-order valence-electron chi connectivity index (χ0n) is 12.1. The Kier molecular flexibility index (Phi) is 3.49. The summed E-state index contributed by atoms with van der Waals surface area (Å²) in [6, 6.07) is 6.10. The maximum absolute atomic E-state index is 12.4. The van der Waals surface area contributed by atoms with Crippen LogP contribution < -0.4 is 0 Å². The topological polar surface area (TPSA) is 147 Å². The van der Waals surface area contributed by atoms with Gasteiger partial charge < -0.3 is 30.5 Å². The molecule has 6 N–H and O–H groups in total. The zero-order chi connectivity index (χ0) is 17.4. The first-order chi connectivity index (χ1) is 11.4. The van der Waals surface area contributed by atoms with Crippen molar-refractivity contribution >= 4 is 5.78 Å². The normalized spacial score (nSPS) is 10.7. The van der Waals surface area contributed by atoms with Gasteiger partial charge in [-0.25, -0.2) is 4.98 Å². The minimum absolute atomic E-state index is 0.0495. The lowest BCUT2D eigenvalue weighted by atomic mass is 10.1. The van der Waals surface area contributed by atoms with Crippen LogP contribution in [-0.2, 0) is 0 Å². The summed E-state index contributed by atoms with van der Waals surface area (Å²) in [5.74, 6) is -2.86. The maximum Gasteiger partial charge on any atom is 0.211 e. The maximum atomic E-state index is 12.4. The molecule has 122 valence electrons. The molecule has 0 radical (unpaired) electrons. The molecule has 1 heterocycles. The first-order valence-electron chi connectivity index (χ1n) is 6.74. The Hall–Kier alpha value is -3.68. The van der Waals surface area contributed by atoms with E-state index in [1.54, 1.807) is 0 Å². The SMILES string of the molecule is O=C(c1cc(O)c(O)c(O)c1)c1cnc(-c2ccc(O)c(O)c2)[nH]1. The van der Waals surface area contributed by atoms with Crippen LogP contribution in [0.15, 0.2) is 36.5 Å². The number of imidazole rings is 1. The van der Waals surface area contributed by atoms with Crippen LogP contribution in [0.1, 0.15) is 16.1 Å². The Morgan fingerprint density at radius 1 is 0.875 bits per heavy atom. The van der Waals surface area contributed by atoms with E-state index in [9.17, 15) is 30.3 Å². The second kappa shape index (κ2) is 5.51. The van der Waals surface area contributed by atoms with E-state index in [-0.39, 0.29) is 28.6 Å². The highest BCUT2D eigenvalue weighted by Gasteiger charge is 2.17. The molecule has 24 heavy (non-hydrogen) atoms. The van der Waals surface area contributed by atoms with Crippen LogP contribution in [0.3, 0.4) is 0 Å². The number of aromatic amines is 1. The third-order valence-corrected chi connectivity index (χ3v) is 3.40. The van der Waals surface area contributed by atoms with Crippen molar-refractivity contribution in [2.24, 2.45) is 0 Å². The molecule has 2 aromatic carbocycles. The predicted octanol–water partition coefficient (Wildman–Crippen LogP) is 1.84. The van der Waals surface area contributed by atoms with Gasteiger partial charge in [-0.2, -0.15) is 0 Å². The highest BCUT2D eigenvalue weighted by atomic mass is 16.3. The summed E-state index contributed by atoms with van der Waals surface area (Å²) in [7, 11) is 0. The summed E-state index contributed by atoms with van der Waals surface area (Å²) >= 11 is 0. The van der Waals surface area contributed by atoms with Crippen LogP contribution >= 0.6 is 0 Å². The van der Waals surface area contributed by atoms with Crippen molar-refractivity contribution < 1.29 is 30.3 Å². The van der Waals surface area contributed by atoms with Crippen molar-refractivity contribution in [2.45, 2.75) is 0 Å². The number of rotatable bonds is 3. The predicted molar refractivity (Wildman–Crippen MR) is 82.2 cm³/mol. The molecule has 3 rings (SSSR count). The summed E-state index contributed by atoms with van der Waals surface area (Å²) in [5, 5.41) is 47.1. The van der Waals surface area contributed by atoms with Crippen molar-refractivity contribution in [1.29, 1.82) is 0 Å². The monoisotopic (exact) mass is 328 g/mol. The number of benzene rings is 2. The molecule has 0 saturated heterocycles. The first-order valence-corrected chi connectivity index (χ1v) is 6.74. The minimum Gasteiger partial charge on any atom is -0.504 e. The molecule has 0 aliphatic carbocycles. The standard InChI is InChI=1S/C16H12N2O6/c19-10-2-1-7(3-11(10)20)16-17-6-9(18-16)14(23)8-4-12(21)15(24)13(22)5-8/h1-6,19-22,24H,(H,17,18). The molecule has 3 aromatic rings. The van der Waals surface area contributed by atoms with Crippen molar-refractivity contribution in [1.82, 2.24) is 9.97 Å². The van der Waals surface area contributed by atoms with Crippen molar-refractivity contribution in [2.75, 3.05) is 0 Å². The van der Waals surface area contributed by atoms with E-state index in [1.165, 1.54) is 24.4 Å². The van der Waals surface area contributed by atoms with E-state index >= 15 is 0 Å². The summed E-state index contributed by atoms with van der Waals surface area (Å²) < 4.78 is 0. The molecule has 0 saturated carbocycles. The summed E-state index contributed by atoms with van der Waals surface area (Å²) in [6.45, 7) is 0. The fourth-order valence-electron chi connectivity index (χ4n) is 2.14. The van der Waals surface area contributed by atoms with Gasteiger partial charge in [-0.15, -0.1) is 0 Å². The lowest BCUT2D eigenvalue weighted by Crippen LogP contribution is -2.01. The number of H-pyrrole nitrogens is 1. The third kappa shape index (κ3) is 2.56. The van der Waals surface area contributed by atoms with Crippen LogP contribution in [0, 0.1) is 0 Å². The molecule has 0 fully saturated rings. The Morgan fingerprint density at radius 3 is 2.17 bits per heavy atom. The molecule has 0 unspecified atom stereocenters. The van der Waals surface area contributed by atoms with Gasteiger partial charge in [0.1, 0.15) is 11.5 Å². The molecule has 8 nitrogen and oxygen atoms in total. The largest absolute Gasteiger partial charge is 0.504 e. The number of nitrogens with one attached hydrogen (secondary N) is 1. The minimum atomic E-state index is -0.712. The average molecular weight is 328 g/mol. The number of hydrogen-bond donors (Lipinski definition) is 6. The fraction of sp³-hybridized carbons (Fsp3) is 0. The summed E-state index contributed by atoms with van der Waals surface area (Å²) in [5.41, 5.74) is 0.467. The lowest BCUT2D eigenvalue weighted by Gasteiger charge is -2.04. The molecule has 1 aromatic heterocycles. The van der Waals surface area contributed by atoms with E-state index in [0.717, 1.165) is 12.1 Å². The van der Waals surface area contributed by atoms with Gasteiger partial charge in [0, 0.05) is 11.1 Å². The number of nitrogens with zero attached hydrogens (tertiary/aromatic N) is 1. The molecule has 0 aliphatic heterocycles. The van der Waals surface area contributed by atoms with Gasteiger partial charge in [-0.1, -0.05) is 0 Å². The van der Waals surface area contributed by atoms with Crippen molar-refractivity contribution in [3.8, 4) is 40.1 Å². The number of ketones is 1. The van der Waals surface area contributed by atoms with Gasteiger partial charge in [0.05, 0.1) is 6.20 Å². The number of aromatic nitrogens is 2. The molecule has 0 aliphatic rings. The second-order valence-corrected chi connectivity index (χ2v) is 5.04. The third-order valence-electron chi connectivity index (χ3n) is 3.40. The average Bonchev–Trinajstić information content (AvgIpc) is 3.04. The van der Waals surface area contributed by atoms with Crippen molar-refractivity contribution in [3.63, 3.8) is 0 Å². The molecule has 8 heteroatoms. The van der Waals surface area contributed by atoms with Gasteiger partial charge in [0.25, 0.3) is 0 Å². The van der Waals surface area contributed by atoms with Crippen LogP contribution in [0.2, 0.25) is 0 Å². The molecule has 0 spiro atoms. The van der Waals surface area contributed by atoms with Crippen LogP contribution in [-0.4, -0.2) is 41.3 Å². The highest BCUT2D eigenvalue weighted by Crippen LogP contribution is 2.36. The number of carbonyl (C=O) groups is 1. The molecular formula is C16H12N2O6. The quantitative estimate of drug-likeness (QED) is 0.317. The Bertz CT molecular complexity index is 924. The van der Waals surface area contributed by atoms with Crippen LogP contribution in [0.25, 0.3) is 11.4 Å². The van der Waals surface area contributed by atoms with Gasteiger partial charge in [-0.05, 0) is 30.3 Å². The lowest BCUT2D eigenvalue weighted by molar-refractivity contribution is 0.103. The van der Waals surface area contributed by atoms with E-state index < -0.39 is 23.0 Å². The number of phenolic OH excluding ortho intramolecular Hbond substituents is 5. The second-order valence-electron chi connectivity index (χ2n) is 5.04. The van der Waals surface area contributed by atoms with Gasteiger partial charge in [-0.3, -0.25) is 4.79 Å². The number of aromatic hydroxyl groups is 5. The van der Waals surface area contributed by atoms with Crippen LogP contribution in [0.5, 0.6) is 28.7 Å². The number of carbonyl (C=O) groups excluding carboxylic acids is 1. The molecule has 0 bridgehead atoms. The Balaban J connectivity index is 1.95.